The molecule has 0 aliphatic carbocycles. The monoisotopic (exact) mass is 280 g/mol. The zero-order valence-electron chi connectivity index (χ0n) is 10.7. The fourth-order valence-electron chi connectivity index (χ4n) is 1.44. The van der Waals surface area contributed by atoms with Crippen molar-refractivity contribution in [3.63, 3.8) is 0 Å². The zero-order chi connectivity index (χ0) is 13.1. The molecule has 0 aliphatic heterocycles. The molecular formula is C12H16N4S2. The second-order valence-corrected chi connectivity index (χ2v) is 6.41. The van der Waals surface area contributed by atoms with Gasteiger partial charge in [-0.1, -0.05) is 35.2 Å². The number of nitrogens with zero attached hydrogens (tertiary/aromatic N) is 3. The molecule has 0 saturated heterocycles. The Balaban J connectivity index is 2.24. The van der Waals surface area contributed by atoms with Crippen LogP contribution in [-0.4, -0.2) is 24.3 Å². The lowest BCUT2D eigenvalue weighted by molar-refractivity contribution is 0.969. The van der Waals surface area contributed by atoms with Gasteiger partial charge in [0.25, 0.3) is 0 Å². The Morgan fingerprint density at radius 1 is 1.33 bits per heavy atom. The van der Waals surface area contributed by atoms with E-state index < -0.39 is 0 Å². The summed E-state index contributed by atoms with van der Waals surface area (Å²) in [7, 11) is 3.93. The van der Waals surface area contributed by atoms with E-state index in [1.807, 2.05) is 19.0 Å². The normalized spacial score (nSPS) is 10.7. The van der Waals surface area contributed by atoms with Crippen LogP contribution < -0.4 is 10.6 Å². The first-order valence-corrected chi connectivity index (χ1v) is 7.21. The first-order chi connectivity index (χ1) is 8.60. The van der Waals surface area contributed by atoms with Gasteiger partial charge in [0, 0.05) is 25.5 Å². The molecular weight excluding hydrogens is 264 g/mol. The fraction of sp³-hybridized carbons (Fsp3) is 0.333. The van der Waals surface area contributed by atoms with Crippen LogP contribution in [0.15, 0.2) is 27.4 Å². The van der Waals surface area contributed by atoms with Gasteiger partial charge in [0.2, 0.25) is 5.13 Å². The van der Waals surface area contributed by atoms with E-state index in [0.29, 0.717) is 6.54 Å². The Labute approximate surface area is 115 Å². The first-order valence-electron chi connectivity index (χ1n) is 5.58. The lowest BCUT2D eigenvalue weighted by Crippen LogP contribution is -2.07. The molecule has 0 radical (unpaired) electrons. The largest absolute Gasteiger partial charge is 0.353 e. The molecule has 18 heavy (non-hydrogen) atoms. The molecule has 2 N–H and O–H groups in total. The summed E-state index contributed by atoms with van der Waals surface area (Å²) in [5.74, 6) is 0. The molecule has 0 amide bonds. The maximum atomic E-state index is 5.75. The molecule has 0 unspecified atom stereocenters. The quantitative estimate of drug-likeness (QED) is 0.932. The summed E-state index contributed by atoms with van der Waals surface area (Å²) in [4.78, 5) is 3.13. The molecule has 1 aromatic carbocycles. The van der Waals surface area contributed by atoms with E-state index in [1.54, 1.807) is 23.1 Å². The molecule has 0 saturated carbocycles. The van der Waals surface area contributed by atoms with Crippen LogP contribution in [0.5, 0.6) is 0 Å². The maximum Gasteiger partial charge on any atom is 0.208 e. The third-order valence-electron chi connectivity index (χ3n) is 2.42. The van der Waals surface area contributed by atoms with Gasteiger partial charge in [-0.2, -0.15) is 0 Å². The van der Waals surface area contributed by atoms with E-state index in [4.69, 9.17) is 5.73 Å². The molecule has 6 heteroatoms. The summed E-state index contributed by atoms with van der Waals surface area (Å²) in [6, 6.07) is 6.30. The van der Waals surface area contributed by atoms with Crippen LogP contribution in [0.25, 0.3) is 0 Å². The van der Waals surface area contributed by atoms with E-state index >= 15 is 0 Å². The van der Waals surface area contributed by atoms with Crippen molar-refractivity contribution in [2.75, 3.05) is 19.0 Å². The van der Waals surface area contributed by atoms with Crippen molar-refractivity contribution >= 4 is 28.2 Å². The second kappa shape index (κ2) is 5.69. The summed E-state index contributed by atoms with van der Waals surface area (Å²) in [5, 5.41) is 9.24. The van der Waals surface area contributed by atoms with Gasteiger partial charge < -0.3 is 10.6 Å². The van der Waals surface area contributed by atoms with Crippen LogP contribution in [0.1, 0.15) is 11.1 Å². The molecule has 96 valence electrons. The van der Waals surface area contributed by atoms with Gasteiger partial charge in [0.05, 0.1) is 0 Å². The first kappa shape index (κ1) is 13.3. The molecule has 1 aromatic heterocycles. The van der Waals surface area contributed by atoms with Gasteiger partial charge in [0.15, 0.2) is 4.34 Å². The van der Waals surface area contributed by atoms with E-state index in [2.05, 4.69) is 35.3 Å². The molecule has 1 heterocycles. The minimum absolute atomic E-state index is 0.544. The van der Waals surface area contributed by atoms with Crippen molar-refractivity contribution in [2.45, 2.75) is 22.7 Å². The van der Waals surface area contributed by atoms with Crippen LogP contribution in [0, 0.1) is 6.92 Å². The van der Waals surface area contributed by atoms with E-state index in [0.717, 1.165) is 15.0 Å². The van der Waals surface area contributed by atoms with E-state index in [-0.39, 0.29) is 0 Å². The summed E-state index contributed by atoms with van der Waals surface area (Å²) < 4.78 is 0.944. The van der Waals surface area contributed by atoms with Crippen LogP contribution in [0.2, 0.25) is 0 Å². The number of anilines is 1. The van der Waals surface area contributed by atoms with Crippen molar-refractivity contribution < 1.29 is 0 Å². The summed E-state index contributed by atoms with van der Waals surface area (Å²) in [5.41, 5.74) is 8.13. The van der Waals surface area contributed by atoms with Gasteiger partial charge in [-0.3, -0.25) is 0 Å². The number of hydrogen-bond acceptors (Lipinski definition) is 6. The molecule has 0 fully saturated rings. The number of nitrogens with two attached hydrogens (primary N) is 1. The fourth-order valence-corrected chi connectivity index (χ4v) is 3.40. The van der Waals surface area contributed by atoms with Crippen molar-refractivity contribution in [1.82, 2.24) is 10.2 Å². The minimum atomic E-state index is 0.544. The molecule has 0 spiro atoms. The Bertz CT molecular complexity index is 537. The average Bonchev–Trinajstić information content (AvgIpc) is 2.78. The molecule has 2 aromatic rings. The van der Waals surface area contributed by atoms with E-state index in [1.165, 1.54) is 10.5 Å². The summed E-state index contributed by atoms with van der Waals surface area (Å²) in [6.07, 6.45) is 0. The lowest BCUT2D eigenvalue weighted by Gasteiger charge is -2.06. The molecule has 0 bridgehead atoms. The Kier molecular flexibility index (Phi) is 4.21. The highest BCUT2D eigenvalue weighted by atomic mass is 32.2. The number of aryl methyl sites for hydroxylation is 1. The van der Waals surface area contributed by atoms with Crippen molar-refractivity contribution in [1.29, 1.82) is 0 Å². The highest BCUT2D eigenvalue weighted by Gasteiger charge is 2.10. The van der Waals surface area contributed by atoms with E-state index in [9.17, 15) is 0 Å². The summed E-state index contributed by atoms with van der Waals surface area (Å²) >= 11 is 3.22. The number of benzene rings is 1. The number of rotatable bonds is 4. The van der Waals surface area contributed by atoms with Crippen molar-refractivity contribution in [3.05, 3.63) is 29.3 Å². The van der Waals surface area contributed by atoms with Crippen LogP contribution in [-0.2, 0) is 6.54 Å². The SMILES string of the molecule is Cc1ccc(CN)c(Sc2nnc(N(C)C)s2)c1. The van der Waals surface area contributed by atoms with Gasteiger partial charge >= 0.3 is 0 Å². The third kappa shape index (κ3) is 3.01. The molecule has 0 atom stereocenters. The van der Waals surface area contributed by atoms with Crippen molar-refractivity contribution in [2.24, 2.45) is 5.73 Å². The third-order valence-corrected chi connectivity index (χ3v) is 4.66. The molecule has 4 nitrogen and oxygen atoms in total. The zero-order valence-corrected chi connectivity index (χ0v) is 12.3. The highest BCUT2D eigenvalue weighted by Crippen LogP contribution is 2.34. The standard InChI is InChI=1S/C12H16N4S2/c1-8-4-5-9(7-13)10(6-8)17-12-15-14-11(18-12)16(2)3/h4-6H,7,13H2,1-3H3. The predicted molar refractivity (Wildman–Crippen MR) is 77.4 cm³/mol. The smallest absolute Gasteiger partial charge is 0.208 e. The van der Waals surface area contributed by atoms with Gasteiger partial charge in [0.1, 0.15) is 0 Å². The lowest BCUT2D eigenvalue weighted by atomic mass is 10.1. The highest BCUT2D eigenvalue weighted by molar-refractivity contribution is 8.01. The molecule has 2 rings (SSSR count). The summed E-state index contributed by atoms with van der Waals surface area (Å²) in [6.45, 7) is 2.62. The second-order valence-electron chi connectivity index (χ2n) is 4.16. The van der Waals surface area contributed by atoms with Crippen LogP contribution >= 0.6 is 23.1 Å². The minimum Gasteiger partial charge on any atom is -0.353 e. The average molecular weight is 280 g/mol. The topological polar surface area (TPSA) is 55.0 Å². The Morgan fingerprint density at radius 2 is 2.11 bits per heavy atom. The van der Waals surface area contributed by atoms with Crippen LogP contribution in [0.4, 0.5) is 5.13 Å². The molecule has 0 aliphatic rings. The van der Waals surface area contributed by atoms with Crippen LogP contribution in [0.3, 0.4) is 0 Å². The number of aromatic nitrogens is 2. The van der Waals surface area contributed by atoms with Gasteiger partial charge in [-0.05, 0) is 24.1 Å². The Hall–Kier alpha value is -1.11. The van der Waals surface area contributed by atoms with Crippen molar-refractivity contribution in [3.8, 4) is 0 Å². The Morgan fingerprint density at radius 3 is 2.72 bits per heavy atom. The maximum absolute atomic E-state index is 5.75. The number of hydrogen-bond donors (Lipinski definition) is 1. The van der Waals surface area contributed by atoms with Gasteiger partial charge in [-0.15, -0.1) is 10.2 Å². The predicted octanol–water partition coefficient (Wildman–Crippen LogP) is 2.52. The van der Waals surface area contributed by atoms with Gasteiger partial charge in [-0.25, -0.2) is 0 Å².